The van der Waals surface area contributed by atoms with E-state index in [0.717, 1.165) is 25.6 Å². The fraction of sp³-hybridized carbons (Fsp3) is 0.818. The summed E-state index contributed by atoms with van der Waals surface area (Å²) in [4.78, 5) is 8.09. The Morgan fingerprint density at radius 2 is 2.12 bits per heavy atom. The van der Waals surface area contributed by atoms with Crippen molar-refractivity contribution in [1.82, 2.24) is 9.80 Å². The van der Waals surface area contributed by atoms with Gasteiger partial charge < -0.3 is 14.5 Å². The molecule has 16 heavy (non-hydrogen) atoms. The fourth-order valence-corrected chi connectivity index (χ4v) is 1.86. The second kappa shape index (κ2) is 7.07. The first-order valence-electron chi connectivity index (χ1n) is 5.71. The zero-order valence-electron chi connectivity index (χ0n) is 10.1. The molecule has 0 aromatic rings. The van der Waals surface area contributed by atoms with Gasteiger partial charge in [0.15, 0.2) is 0 Å². The van der Waals surface area contributed by atoms with Gasteiger partial charge in [-0.2, -0.15) is 5.26 Å². The summed E-state index contributed by atoms with van der Waals surface area (Å²) in [6.07, 6.45) is 5.53. The molecule has 5 nitrogen and oxygen atoms in total. The van der Waals surface area contributed by atoms with E-state index in [1.807, 2.05) is 18.1 Å². The largest absolute Gasteiger partial charge is 0.383 e. The zero-order valence-corrected chi connectivity index (χ0v) is 10.1. The van der Waals surface area contributed by atoms with E-state index in [-0.39, 0.29) is 0 Å². The normalized spacial score (nSPS) is 17.1. The third-order valence-corrected chi connectivity index (χ3v) is 2.76. The summed E-state index contributed by atoms with van der Waals surface area (Å²) in [5.74, 6) is 0.777. The number of guanidine groups is 1. The number of hydrogen-bond acceptors (Lipinski definition) is 3. The minimum atomic E-state index is 0.648. The minimum Gasteiger partial charge on any atom is -0.383 e. The van der Waals surface area contributed by atoms with Crippen LogP contribution in [0.15, 0.2) is 4.99 Å². The minimum absolute atomic E-state index is 0.648. The standard InChI is InChI=1S/C11H20N4O/c1-14(8-9-16-2)11(13-10-12)15-6-4-3-5-7-15/h3-9H2,1-2H3. The number of ether oxygens (including phenoxy) is 1. The Morgan fingerprint density at radius 1 is 1.44 bits per heavy atom. The molecule has 0 radical (unpaired) electrons. The summed E-state index contributed by atoms with van der Waals surface area (Å²) in [6, 6.07) is 0. The van der Waals surface area contributed by atoms with Crippen LogP contribution in [-0.2, 0) is 4.74 Å². The molecule has 1 aliphatic heterocycles. The van der Waals surface area contributed by atoms with Gasteiger partial charge in [0.05, 0.1) is 6.61 Å². The van der Waals surface area contributed by atoms with Crippen molar-refractivity contribution in [3.8, 4) is 6.19 Å². The maximum absolute atomic E-state index is 8.72. The molecule has 5 heteroatoms. The van der Waals surface area contributed by atoms with Crippen LogP contribution in [0.4, 0.5) is 0 Å². The van der Waals surface area contributed by atoms with Crippen LogP contribution in [0.25, 0.3) is 0 Å². The quantitative estimate of drug-likeness (QED) is 0.406. The Bertz CT molecular complexity index is 266. The monoisotopic (exact) mass is 224 g/mol. The number of hydrogen-bond donors (Lipinski definition) is 0. The van der Waals surface area contributed by atoms with Crippen molar-refractivity contribution in [1.29, 1.82) is 5.26 Å². The van der Waals surface area contributed by atoms with E-state index in [2.05, 4.69) is 9.89 Å². The van der Waals surface area contributed by atoms with Gasteiger partial charge in [-0.15, -0.1) is 4.99 Å². The second-order valence-electron chi connectivity index (χ2n) is 3.97. The first-order valence-corrected chi connectivity index (χ1v) is 5.71. The summed E-state index contributed by atoms with van der Waals surface area (Å²) in [7, 11) is 3.62. The van der Waals surface area contributed by atoms with E-state index >= 15 is 0 Å². The first kappa shape index (κ1) is 12.8. The van der Waals surface area contributed by atoms with Gasteiger partial charge >= 0.3 is 0 Å². The lowest BCUT2D eigenvalue weighted by molar-refractivity contribution is 0.176. The molecule has 0 spiro atoms. The van der Waals surface area contributed by atoms with E-state index in [1.165, 1.54) is 19.3 Å². The van der Waals surface area contributed by atoms with Gasteiger partial charge in [-0.25, -0.2) is 0 Å². The number of piperidine rings is 1. The first-order chi connectivity index (χ1) is 7.79. The smallest absolute Gasteiger partial charge is 0.212 e. The summed E-state index contributed by atoms with van der Waals surface area (Å²) in [5.41, 5.74) is 0. The van der Waals surface area contributed by atoms with Gasteiger partial charge in [0.25, 0.3) is 0 Å². The van der Waals surface area contributed by atoms with E-state index in [0.29, 0.717) is 6.61 Å². The molecule has 0 atom stereocenters. The Balaban J connectivity index is 2.59. The van der Waals surface area contributed by atoms with Crippen LogP contribution in [0.2, 0.25) is 0 Å². The predicted molar refractivity (Wildman–Crippen MR) is 63.0 cm³/mol. The van der Waals surface area contributed by atoms with Gasteiger partial charge in [0, 0.05) is 33.8 Å². The van der Waals surface area contributed by atoms with Crippen LogP contribution in [0.3, 0.4) is 0 Å². The van der Waals surface area contributed by atoms with E-state index in [1.54, 1.807) is 7.11 Å². The van der Waals surface area contributed by atoms with E-state index in [9.17, 15) is 0 Å². The lowest BCUT2D eigenvalue weighted by Gasteiger charge is -2.33. The molecule has 90 valence electrons. The molecule has 1 aliphatic rings. The summed E-state index contributed by atoms with van der Waals surface area (Å²) in [6.45, 7) is 3.40. The van der Waals surface area contributed by atoms with Crippen molar-refractivity contribution in [2.45, 2.75) is 19.3 Å². The lowest BCUT2D eigenvalue weighted by Crippen LogP contribution is -2.45. The van der Waals surface area contributed by atoms with Crippen LogP contribution < -0.4 is 0 Å². The van der Waals surface area contributed by atoms with Crippen molar-refractivity contribution in [3.05, 3.63) is 0 Å². The lowest BCUT2D eigenvalue weighted by atomic mass is 10.1. The third kappa shape index (κ3) is 3.70. The molecule has 1 rings (SSSR count). The van der Waals surface area contributed by atoms with Gasteiger partial charge in [0.2, 0.25) is 12.2 Å². The number of aliphatic imine (C=N–C) groups is 1. The molecule has 1 saturated heterocycles. The summed E-state index contributed by atoms with van der Waals surface area (Å²) < 4.78 is 5.03. The number of methoxy groups -OCH3 is 1. The van der Waals surface area contributed by atoms with E-state index < -0.39 is 0 Å². The van der Waals surface area contributed by atoms with Gasteiger partial charge in [-0.05, 0) is 19.3 Å². The molecule has 0 saturated carbocycles. The van der Waals surface area contributed by atoms with Gasteiger partial charge in [0.1, 0.15) is 0 Å². The number of rotatable bonds is 3. The molecule has 0 amide bonds. The molecule has 1 fully saturated rings. The van der Waals surface area contributed by atoms with Gasteiger partial charge in [-0.1, -0.05) is 0 Å². The molecule has 0 aromatic heterocycles. The maximum atomic E-state index is 8.72. The summed E-state index contributed by atoms with van der Waals surface area (Å²) >= 11 is 0. The van der Waals surface area contributed by atoms with Crippen LogP contribution in [-0.4, -0.2) is 56.2 Å². The van der Waals surface area contributed by atoms with Gasteiger partial charge in [-0.3, -0.25) is 0 Å². The molecule has 0 aromatic carbocycles. The SMILES string of the molecule is COCCN(C)C(=NC#N)N1CCCCC1. The Hall–Kier alpha value is -1.28. The highest BCUT2D eigenvalue weighted by atomic mass is 16.5. The van der Waals surface area contributed by atoms with Crippen molar-refractivity contribution < 1.29 is 4.74 Å². The average molecular weight is 224 g/mol. The zero-order chi connectivity index (χ0) is 11.8. The molecule has 0 N–H and O–H groups in total. The molecular weight excluding hydrogens is 204 g/mol. The maximum Gasteiger partial charge on any atom is 0.212 e. The second-order valence-corrected chi connectivity index (χ2v) is 3.97. The van der Waals surface area contributed by atoms with Crippen molar-refractivity contribution in [2.75, 3.05) is 40.4 Å². The molecule has 0 aliphatic carbocycles. The van der Waals surface area contributed by atoms with Crippen LogP contribution in [0.1, 0.15) is 19.3 Å². The molecule has 0 unspecified atom stereocenters. The van der Waals surface area contributed by atoms with Crippen LogP contribution in [0.5, 0.6) is 0 Å². The Morgan fingerprint density at radius 3 is 2.69 bits per heavy atom. The van der Waals surface area contributed by atoms with Crippen molar-refractivity contribution in [3.63, 3.8) is 0 Å². The number of likely N-dealkylation sites (tertiary alicyclic amines) is 1. The molecule has 0 bridgehead atoms. The number of nitriles is 1. The summed E-state index contributed by atoms with van der Waals surface area (Å²) in [5, 5.41) is 8.72. The predicted octanol–water partition coefficient (Wildman–Crippen LogP) is 0.888. The Kier molecular flexibility index (Phi) is 5.65. The number of likely N-dealkylation sites (N-methyl/N-ethyl adjacent to an activating group) is 1. The average Bonchev–Trinajstić information content (AvgIpc) is 2.34. The fourth-order valence-electron chi connectivity index (χ4n) is 1.86. The van der Waals surface area contributed by atoms with Crippen molar-refractivity contribution >= 4 is 5.96 Å². The molecular formula is C11H20N4O. The molecule has 1 heterocycles. The van der Waals surface area contributed by atoms with Crippen LogP contribution >= 0.6 is 0 Å². The highest BCUT2D eigenvalue weighted by Crippen LogP contribution is 2.10. The topological polar surface area (TPSA) is 51.9 Å². The third-order valence-electron chi connectivity index (χ3n) is 2.76. The number of nitrogens with zero attached hydrogens (tertiary/aromatic N) is 4. The highest BCUT2D eigenvalue weighted by molar-refractivity contribution is 5.80. The van der Waals surface area contributed by atoms with E-state index in [4.69, 9.17) is 10.00 Å². The Labute approximate surface area is 97.3 Å². The van der Waals surface area contributed by atoms with Crippen molar-refractivity contribution in [2.24, 2.45) is 4.99 Å². The van der Waals surface area contributed by atoms with Crippen LogP contribution in [0, 0.1) is 11.5 Å². The highest BCUT2D eigenvalue weighted by Gasteiger charge is 2.18.